The van der Waals surface area contributed by atoms with Gasteiger partial charge in [0.2, 0.25) is 5.91 Å². The number of rotatable bonds is 3. The summed E-state index contributed by atoms with van der Waals surface area (Å²) in [6, 6.07) is 7.91. The van der Waals surface area contributed by atoms with Crippen LogP contribution in [0.1, 0.15) is 31.2 Å². The molecular formula is C15H19BrClNO. The van der Waals surface area contributed by atoms with E-state index < -0.39 is 0 Å². The Morgan fingerprint density at radius 1 is 1.37 bits per heavy atom. The predicted octanol–water partition coefficient (Wildman–Crippen LogP) is 4.05. The van der Waals surface area contributed by atoms with Crippen LogP contribution in [0.2, 0.25) is 5.02 Å². The highest BCUT2D eigenvalue weighted by atomic mass is 79.9. The zero-order chi connectivity index (χ0) is 13.7. The fraction of sp³-hybridized carbons (Fsp3) is 0.533. The van der Waals surface area contributed by atoms with Gasteiger partial charge in [-0.3, -0.25) is 4.79 Å². The molecule has 1 saturated heterocycles. The molecule has 1 aromatic rings. The van der Waals surface area contributed by atoms with Crippen molar-refractivity contribution in [1.82, 2.24) is 4.90 Å². The van der Waals surface area contributed by atoms with Crippen molar-refractivity contribution in [3.05, 3.63) is 34.9 Å². The first kappa shape index (κ1) is 14.9. The number of halogens is 2. The van der Waals surface area contributed by atoms with Crippen molar-refractivity contribution in [3.63, 3.8) is 0 Å². The van der Waals surface area contributed by atoms with E-state index >= 15 is 0 Å². The van der Waals surface area contributed by atoms with Gasteiger partial charge in [0.05, 0.1) is 6.42 Å². The number of likely N-dealkylation sites (tertiary alicyclic amines) is 1. The van der Waals surface area contributed by atoms with Gasteiger partial charge < -0.3 is 4.90 Å². The minimum Gasteiger partial charge on any atom is -0.339 e. The van der Waals surface area contributed by atoms with E-state index in [1.54, 1.807) is 0 Å². The highest BCUT2D eigenvalue weighted by Crippen LogP contribution is 2.20. The molecule has 0 radical (unpaired) electrons. The van der Waals surface area contributed by atoms with Crippen LogP contribution in [-0.4, -0.2) is 28.7 Å². The van der Waals surface area contributed by atoms with E-state index in [9.17, 15) is 4.79 Å². The molecule has 0 N–H and O–H groups in total. The Balaban J connectivity index is 2.04. The van der Waals surface area contributed by atoms with Gasteiger partial charge in [-0.15, -0.1) is 0 Å². The van der Waals surface area contributed by atoms with E-state index in [0.717, 1.165) is 30.3 Å². The number of hydrogen-bond acceptors (Lipinski definition) is 1. The van der Waals surface area contributed by atoms with E-state index in [2.05, 4.69) is 15.9 Å². The third kappa shape index (κ3) is 4.22. The Labute approximate surface area is 128 Å². The first-order chi connectivity index (χ1) is 9.20. The van der Waals surface area contributed by atoms with Crippen LogP contribution in [0.5, 0.6) is 0 Å². The van der Waals surface area contributed by atoms with Crippen LogP contribution in [0.15, 0.2) is 24.3 Å². The van der Waals surface area contributed by atoms with Crippen LogP contribution in [0.3, 0.4) is 0 Å². The zero-order valence-corrected chi connectivity index (χ0v) is 13.3. The molecule has 1 unspecified atom stereocenters. The Kier molecular flexibility index (Phi) is 5.71. The number of amides is 1. The van der Waals surface area contributed by atoms with Crippen molar-refractivity contribution in [1.29, 1.82) is 0 Å². The quantitative estimate of drug-likeness (QED) is 0.758. The van der Waals surface area contributed by atoms with Crippen molar-refractivity contribution in [3.8, 4) is 0 Å². The summed E-state index contributed by atoms with van der Waals surface area (Å²) in [5, 5.41) is 1.56. The molecule has 0 saturated carbocycles. The second kappa shape index (κ2) is 7.30. The van der Waals surface area contributed by atoms with E-state index in [1.807, 2.05) is 29.2 Å². The molecule has 0 bridgehead atoms. The van der Waals surface area contributed by atoms with Crippen LogP contribution in [0, 0.1) is 0 Å². The average Bonchev–Trinajstić information content (AvgIpc) is 2.63. The summed E-state index contributed by atoms with van der Waals surface area (Å²) in [7, 11) is 0. The lowest BCUT2D eigenvalue weighted by Gasteiger charge is -2.29. The number of alkyl halides is 1. The van der Waals surface area contributed by atoms with E-state index in [4.69, 9.17) is 11.6 Å². The molecule has 1 aliphatic heterocycles. The Hall–Kier alpha value is -0.540. The largest absolute Gasteiger partial charge is 0.339 e. The number of hydrogen-bond donors (Lipinski definition) is 0. The third-order valence-corrected chi connectivity index (χ3v) is 4.60. The lowest BCUT2D eigenvalue weighted by molar-refractivity contribution is -0.132. The lowest BCUT2D eigenvalue weighted by atomic mass is 10.1. The van der Waals surface area contributed by atoms with Crippen LogP contribution < -0.4 is 0 Å². The van der Waals surface area contributed by atoms with Gasteiger partial charge in [0, 0.05) is 22.9 Å². The highest BCUT2D eigenvalue weighted by molar-refractivity contribution is 9.09. The van der Waals surface area contributed by atoms with Gasteiger partial charge >= 0.3 is 0 Å². The number of carbonyl (C=O) groups is 1. The molecule has 0 spiro atoms. The fourth-order valence-electron chi connectivity index (χ4n) is 2.59. The van der Waals surface area contributed by atoms with Crippen LogP contribution >= 0.6 is 27.5 Å². The van der Waals surface area contributed by atoms with Gasteiger partial charge in [0.15, 0.2) is 0 Å². The Morgan fingerprint density at radius 3 is 2.95 bits per heavy atom. The number of benzene rings is 1. The van der Waals surface area contributed by atoms with Gasteiger partial charge in [0.1, 0.15) is 0 Å². The lowest BCUT2D eigenvalue weighted by Crippen LogP contribution is -2.41. The maximum Gasteiger partial charge on any atom is 0.227 e. The normalized spacial score (nSPS) is 20.1. The molecule has 1 fully saturated rings. The summed E-state index contributed by atoms with van der Waals surface area (Å²) < 4.78 is 0. The molecule has 1 aliphatic rings. The van der Waals surface area contributed by atoms with Crippen molar-refractivity contribution >= 4 is 33.4 Å². The zero-order valence-electron chi connectivity index (χ0n) is 10.9. The average molecular weight is 345 g/mol. The summed E-state index contributed by atoms with van der Waals surface area (Å²) in [6.07, 6.45) is 5.11. The molecule has 1 aromatic carbocycles. The van der Waals surface area contributed by atoms with E-state index in [1.165, 1.54) is 12.8 Å². The third-order valence-electron chi connectivity index (χ3n) is 3.62. The van der Waals surface area contributed by atoms with Gasteiger partial charge in [0.25, 0.3) is 0 Å². The molecular weight excluding hydrogens is 326 g/mol. The monoisotopic (exact) mass is 343 g/mol. The second-order valence-electron chi connectivity index (χ2n) is 5.05. The number of nitrogens with zero attached hydrogens (tertiary/aromatic N) is 1. The maximum absolute atomic E-state index is 12.5. The topological polar surface area (TPSA) is 20.3 Å². The Morgan fingerprint density at radius 2 is 2.21 bits per heavy atom. The molecule has 0 aliphatic carbocycles. The first-order valence-electron chi connectivity index (χ1n) is 6.80. The van der Waals surface area contributed by atoms with Gasteiger partial charge in [-0.05, 0) is 30.5 Å². The number of carbonyl (C=O) groups excluding carboxylic acids is 1. The fourth-order valence-corrected chi connectivity index (χ4v) is 3.48. The summed E-state index contributed by atoms with van der Waals surface area (Å²) >= 11 is 9.50. The summed E-state index contributed by atoms with van der Waals surface area (Å²) in [6.45, 7) is 0.885. The Bertz CT molecular complexity index is 438. The summed E-state index contributed by atoms with van der Waals surface area (Å²) in [5.41, 5.74) is 0.995. The SMILES string of the molecule is O=C(Cc1cccc(Cl)c1)N1CCCCCC1CBr. The minimum atomic E-state index is 0.216. The molecule has 2 nitrogen and oxygen atoms in total. The van der Waals surface area contributed by atoms with Crippen molar-refractivity contribution in [2.75, 3.05) is 11.9 Å². The van der Waals surface area contributed by atoms with Crippen LogP contribution in [0.4, 0.5) is 0 Å². The standard InChI is InChI=1S/C15H19BrClNO/c16-11-14-7-2-1-3-8-18(14)15(19)10-12-5-4-6-13(17)9-12/h4-6,9,14H,1-3,7-8,10-11H2. The van der Waals surface area contributed by atoms with Crippen LogP contribution in [-0.2, 0) is 11.2 Å². The van der Waals surface area contributed by atoms with E-state index in [0.29, 0.717) is 17.5 Å². The van der Waals surface area contributed by atoms with Crippen molar-refractivity contribution in [2.45, 2.75) is 38.1 Å². The van der Waals surface area contributed by atoms with Crippen molar-refractivity contribution < 1.29 is 4.79 Å². The molecule has 1 heterocycles. The maximum atomic E-state index is 12.5. The van der Waals surface area contributed by atoms with E-state index in [-0.39, 0.29) is 5.91 Å². The molecule has 104 valence electrons. The second-order valence-corrected chi connectivity index (χ2v) is 6.14. The van der Waals surface area contributed by atoms with Gasteiger partial charge in [-0.25, -0.2) is 0 Å². The predicted molar refractivity (Wildman–Crippen MR) is 82.9 cm³/mol. The summed E-state index contributed by atoms with van der Waals surface area (Å²) in [5.74, 6) is 0.216. The molecule has 0 aromatic heterocycles. The molecule has 1 atom stereocenters. The van der Waals surface area contributed by atoms with Crippen LogP contribution in [0.25, 0.3) is 0 Å². The van der Waals surface area contributed by atoms with Gasteiger partial charge in [-0.1, -0.05) is 52.5 Å². The van der Waals surface area contributed by atoms with Crippen molar-refractivity contribution in [2.24, 2.45) is 0 Å². The molecule has 4 heteroatoms. The highest BCUT2D eigenvalue weighted by Gasteiger charge is 2.24. The molecule has 1 amide bonds. The summed E-state index contributed by atoms with van der Waals surface area (Å²) in [4.78, 5) is 14.5. The first-order valence-corrected chi connectivity index (χ1v) is 8.30. The molecule has 2 rings (SSSR count). The smallest absolute Gasteiger partial charge is 0.227 e. The van der Waals surface area contributed by atoms with Gasteiger partial charge in [-0.2, -0.15) is 0 Å². The molecule has 19 heavy (non-hydrogen) atoms. The minimum absolute atomic E-state index is 0.216.